The maximum Gasteiger partial charge on any atom is 0.234 e. The van der Waals surface area contributed by atoms with Gasteiger partial charge in [-0.1, -0.05) is 18.5 Å². The highest BCUT2D eigenvalue weighted by atomic mass is 35.5. The molecule has 0 spiro atoms. The molecule has 1 aromatic carbocycles. The molecule has 4 aromatic rings. The molecule has 26 heavy (non-hydrogen) atoms. The second-order valence-corrected chi connectivity index (χ2v) is 6.18. The highest BCUT2D eigenvalue weighted by Gasteiger charge is 2.18. The van der Waals surface area contributed by atoms with E-state index in [2.05, 4.69) is 15.0 Å². The van der Waals surface area contributed by atoms with Crippen LogP contribution in [0.2, 0.25) is 5.02 Å². The number of benzene rings is 1. The lowest BCUT2D eigenvalue weighted by atomic mass is 10.2. The van der Waals surface area contributed by atoms with Crippen LogP contribution < -0.4 is 0 Å². The fourth-order valence-corrected chi connectivity index (χ4v) is 3.25. The molecule has 0 radical (unpaired) electrons. The van der Waals surface area contributed by atoms with Crippen molar-refractivity contribution >= 4 is 17.4 Å². The number of imidazole rings is 2. The van der Waals surface area contributed by atoms with Crippen molar-refractivity contribution in [2.24, 2.45) is 0 Å². The van der Waals surface area contributed by atoms with E-state index in [0.29, 0.717) is 12.3 Å². The van der Waals surface area contributed by atoms with Gasteiger partial charge in [0.15, 0.2) is 5.82 Å². The van der Waals surface area contributed by atoms with Gasteiger partial charge in [0.05, 0.1) is 22.8 Å². The van der Waals surface area contributed by atoms with Gasteiger partial charge < -0.3 is 4.57 Å². The number of hydrogen-bond acceptors (Lipinski definition) is 3. The SMILES string of the molecule is CCc1c(Cn2ccnc2-c2cc(F)cc(Cl)c2F)nc2ncccn12. The molecule has 8 heteroatoms. The summed E-state index contributed by atoms with van der Waals surface area (Å²) in [5, 5.41) is -0.277. The molecule has 3 aromatic heterocycles. The molecule has 0 N–H and O–H groups in total. The summed E-state index contributed by atoms with van der Waals surface area (Å²) in [6.07, 6.45) is 7.57. The van der Waals surface area contributed by atoms with Crippen molar-refractivity contribution in [2.45, 2.75) is 19.9 Å². The molecule has 0 atom stereocenters. The molecule has 0 aliphatic heterocycles. The molecule has 0 aliphatic rings. The number of aryl methyl sites for hydroxylation is 1. The summed E-state index contributed by atoms with van der Waals surface area (Å²) in [6.45, 7) is 2.39. The van der Waals surface area contributed by atoms with E-state index < -0.39 is 11.6 Å². The Morgan fingerprint density at radius 2 is 1.96 bits per heavy atom. The quantitative estimate of drug-likeness (QED) is 0.505. The van der Waals surface area contributed by atoms with E-state index in [0.717, 1.165) is 29.9 Å². The van der Waals surface area contributed by atoms with E-state index in [1.54, 1.807) is 17.0 Å². The van der Waals surface area contributed by atoms with E-state index in [-0.39, 0.29) is 16.4 Å². The molecule has 0 saturated heterocycles. The van der Waals surface area contributed by atoms with Crippen LogP contribution in [0.5, 0.6) is 0 Å². The lowest BCUT2D eigenvalue weighted by molar-refractivity contribution is 0.601. The molecular weight excluding hydrogens is 360 g/mol. The topological polar surface area (TPSA) is 48.0 Å². The first-order valence-corrected chi connectivity index (χ1v) is 8.43. The van der Waals surface area contributed by atoms with Gasteiger partial charge in [0.25, 0.3) is 0 Å². The molecule has 5 nitrogen and oxygen atoms in total. The average Bonchev–Trinajstić information content (AvgIpc) is 3.22. The van der Waals surface area contributed by atoms with Gasteiger partial charge in [-0.05, 0) is 24.6 Å². The minimum atomic E-state index is -0.701. The summed E-state index contributed by atoms with van der Waals surface area (Å²) in [7, 11) is 0. The lowest BCUT2D eigenvalue weighted by Gasteiger charge is -2.09. The Kier molecular flexibility index (Phi) is 4.16. The van der Waals surface area contributed by atoms with Crippen molar-refractivity contribution in [1.29, 1.82) is 0 Å². The van der Waals surface area contributed by atoms with Crippen LogP contribution in [-0.2, 0) is 13.0 Å². The number of hydrogen-bond donors (Lipinski definition) is 0. The molecule has 0 saturated carbocycles. The van der Waals surface area contributed by atoms with Crippen LogP contribution in [0.15, 0.2) is 43.0 Å². The van der Waals surface area contributed by atoms with Gasteiger partial charge in [-0.15, -0.1) is 0 Å². The Bertz CT molecular complexity index is 1100. The second-order valence-electron chi connectivity index (χ2n) is 5.78. The van der Waals surface area contributed by atoms with Crippen LogP contribution in [0.1, 0.15) is 18.3 Å². The Morgan fingerprint density at radius 3 is 2.77 bits per heavy atom. The van der Waals surface area contributed by atoms with Crippen molar-refractivity contribution in [3.63, 3.8) is 0 Å². The van der Waals surface area contributed by atoms with Gasteiger partial charge in [0.2, 0.25) is 5.78 Å². The second kappa shape index (κ2) is 6.49. The number of rotatable bonds is 4. The van der Waals surface area contributed by atoms with Crippen molar-refractivity contribution in [3.8, 4) is 11.4 Å². The highest BCUT2D eigenvalue weighted by molar-refractivity contribution is 6.31. The van der Waals surface area contributed by atoms with Gasteiger partial charge in [0.1, 0.15) is 11.6 Å². The monoisotopic (exact) mass is 373 g/mol. The Morgan fingerprint density at radius 1 is 1.12 bits per heavy atom. The minimum absolute atomic E-state index is 0.0138. The Labute approximate surface area is 152 Å². The van der Waals surface area contributed by atoms with Gasteiger partial charge in [-0.3, -0.25) is 4.40 Å². The fraction of sp³-hybridized carbons (Fsp3) is 0.167. The van der Waals surface area contributed by atoms with Crippen LogP contribution in [0.4, 0.5) is 8.78 Å². The normalized spacial score (nSPS) is 11.4. The van der Waals surface area contributed by atoms with Gasteiger partial charge in [-0.25, -0.2) is 23.7 Å². The Balaban J connectivity index is 1.80. The molecule has 0 bridgehead atoms. The number of halogens is 3. The van der Waals surface area contributed by atoms with Gasteiger partial charge in [0, 0.05) is 30.5 Å². The number of aromatic nitrogens is 5. The van der Waals surface area contributed by atoms with Crippen LogP contribution in [-0.4, -0.2) is 23.9 Å². The molecular formula is C18H14ClF2N5. The fourth-order valence-electron chi connectivity index (χ4n) is 3.04. The molecule has 132 valence electrons. The molecule has 0 unspecified atom stereocenters. The highest BCUT2D eigenvalue weighted by Crippen LogP contribution is 2.28. The molecule has 3 heterocycles. The summed E-state index contributed by atoms with van der Waals surface area (Å²) >= 11 is 5.77. The predicted molar refractivity (Wildman–Crippen MR) is 94.1 cm³/mol. The van der Waals surface area contributed by atoms with Crippen LogP contribution in [0, 0.1) is 11.6 Å². The lowest BCUT2D eigenvalue weighted by Crippen LogP contribution is -2.05. The third-order valence-corrected chi connectivity index (χ3v) is 4.46. The van der Waals surface area contributed by atoms with E-state index >= 15 is 0 Å². The third kappa shape index (κ3) is 2.74. The third-order valence-electron chi connectivity index (χ3n) is 4.19. The van der Waals surface area contributed by atoms with Crippen LogP contribution in [0.3, 0.4) is 0 Å². The zero-order chi connectivity index (χ0) is 18.3. The zero-order valence-corrected chi connectivity index (χ0v) is 14.6. The maximum atomic E-state index is 14.4. The minimum Gasteiger partial charge on any atom is -0.325 e. The molecule has 0 fully saturated rings. The van der Waals surface area contributed by atoms with Crippen molar-refractivity contribution in [1.82, 2.24) is 23.9 Å². The standard InChI is InChI=1S/C18H14ClF2N5/c1-2-15-14(24-18-23-4-3-6-26(15)18)10-25-7-5-22-17(25)12-8-11(20)9-13(19)16(12)21/h3-9H,2,10H2,1H3. The summed E-state index contributed by atoms with van der Waals surface area (Å²) in [6, 6.07) is 3.87. The van der Waals surface area contributed by atoms with Gasteiger partial charge >= 0.3 is 0 Å². The van der Waals surface area contributed by atoms with E-state index in [1.807, 2.05) is 23.6 Å². The predicted octanol–water partition coefficient (Wildman–Crippen LogP) is 4.14. The summed E-state index contributed by atoms with van der Waals surface area (Å²) in [4.78, 5) is 13.0. The average molecular weight is 374 g/mol. The first-order chi connectivity index (χ1) is 12.6. The van der Waals surface area contributed by atoms with Crippen molar-refractivity contribution < 1.29 is 8.78 Å². The van der Waals surface area contributed by atoms with E-state index in [4.69, 9.17) is 11.6 Å². The van der Waals surface area contributed by atoms with Crippen LogP contribution in [0.25, 0.3) is 17.2 Å². The largest absolute Gasteiger partial charge is 0.325 e. The number of nitrogens with zero attached hydrogens (tertiary/aromatic N) is 5. The summed E-state index contributed by atoms with van der Waals surface area (Å²) < 4.78 is 31.7. The summed E-state index contributed by atoms with van der Waals surface area (Å²) in [5.41, 5.74) is 1.82. The van der Waals surface area contributed by atoms with Crippen molar-refractivity contribution in [2.75, 3.05) is 0 Å². The first-order valence-electron chi connectivity index (χ1n) is 8.05. The summed E-state index contributed by atoms with van der Waals surface area (Å²) in [5.74, 6) is -0.433. The first kappa shape index (κ1) is 16.7. The smallest absolute Gasteiger partial charge is 0.234 e. The van der Waals surface area contributed by atoms with E-state index in [9.17, 15) is 8.78 Å². The molecule has 4 rings (SSSR count). The number of fused-ring (bicyclic) bond motifs is 1. The maximum absolute atomic E-state index is 14.4. The van der Waals surface area contributed by atoms with E-state index in [1.165, 1.54) is 6.20 Å². The molecule has 0 amide bonds. The zero-order valence-electron chi connectivity index (χ0n) is 13.8. The molecule has 0 aliphatic carbocycles. The Hall–Kier alpha value is -2.80. The van der Waals surface area contributed by atoms with Crippen molar-refractivity contribution in [3.05, 3.63) is 71.0 Å². The van der Waals surface area contributed by atoms with Gasteiger partial charge in [-0.2, -0.15) is 0 Å². The van der Waals surface area contributed by atoms with Crippen LogP contribution >= 0.6 is 11.6 Å².